The number of benzene rings is 1. The molecule has 0 aliphatic heterocycles. The van der Waals surface area contributed by atoms with Crippen molar-refractivity contribution in [2.45, 2.75) is 6.92 Å². The van der Waals surface area contributed by atoms with Gasteiger partial charge >= 0.3 is 0 Å². The summed E-state index contributed by atoms with van der Waals surface area (Å²) in [7, 11) is 0. The highest BCUT2D eigenvalue weighted by Crippen LogP contribution is 2.18. The predicted octanol–water partition coefficient (Wildman–Crippen LogP) is 1.08. The maximum Gasteiger partial charge on any atom is 0.251 e. The number of hydrogen-bond donors (Lipinski definition) is 2. The average Bonchev–Trinajstić information content (AvgIpc) is 2.36. The molecule has 0 saturated heterocycles. The van der Waals surface area contributed by atoms with Crippen LogP contribution in [0, 0.1) is 6.92 Å². The first-order valence-corrected chi connectivity index (χ1v) is 5.70. The summed E-state index contributed by atoms with van der Waals surface area (Å²) in [5.74, 6) is 1.31. The molecule has 0 atom stereocenters. The van der Waals surface area contributed by atoms with Gasteiger partial charge in [0.1, 0.15) is 18.2 Å². The third-order valence-electron chi connectivity index (χ3n) is 2.38. The molecule has 0 aliphatic carbocycles. The normalized spacial score (nSPS) is 10.3. The molecule has 0 spiro atoms. The maximum atomic E-state index is 11.4. The number of nitrogens with zero attached hydrogens (tertiary/aromatic N) is 1. The molecule has 1 heterocycles. The zero-order chi connectivity index (χ0) is 13.0. The van der Waals surface area contributed by atoms with E-state index in [0.29, 0.717) is 24.7 Å². The van der Waals surface area contributed by atoms with Crippen LogP contribution < -0.4 is 16.0 Å². The Morgan fingerprint density at radius 3 is 2.67 bits per heavy atom. The topological polar surface area (TPSA) is 81.0 Å². The van der Waals surface area contributed by atoms with Crippen LogP contribution in [0.3, 0.4) is 0 Å². The van der Waals surface area contributed by atoms with Gasteiger partial charge in [-0.05, 0) is 31.2 Å². The lowest BCUT2D eigenvalue weighted by Crippen LogP contribution is -2.10. The molecule has 0 saturated carbocycles. The van der Waals surface area contributed by atoms with Crippen molar-refractivity contribution < 1.29 is 4.74 Å². The van der Waals surface area contributed by atoms with E-state index in [9.17, 15) is 4.79 Å². The second kappa shape index (κ2) is 5.46. The minimum absolute atomic E-state index is 0.152. The molecule has 0 amide bonds. The molecule has 0 aliphatic rings. The highest BCUT2D eigenvalue weighted by Gasteiger charge is 2.02. The Morgan fingerprint density at radius 2 is 2.06 bits per heavy atom. The van der Waals surface area contributed by atoms with Crippen molar-refractivity contribution in [2.24, 2.45) is 5.73 Å². The lowest BCUT2D eigenvalue weighted by molar-refractivity contribution is 0.328. The van der Waals surface area contributed by atoms with Gasteiger partial charge < -0.3 is 15.5 Å². The SMILES string of the molecule is Cc1cc(=O)[nH]c(-c2ccc(OCCN)cc2)n1. The first-order chi connectivity index (χ1) is 8.69. The Balaban J connectivity index is 2.25. The number of hydrogen-bond acceptors (Lipinski definition) is 4. The summed E-state index contributed by atoms with van der Waals surface area (Å²) >= 11 is 0. The number of nitrogens with one attached hydrogen (secondary N) is 1. The number of aryl methyl sites for hydroxylation is 1. The molecule has 2 rings (SSSR count). The van der Waals surface area contributed by atoms with Crippen LogP contribution in [-0.4, -0.2) is 23.1 Å². The predicted molar refractivity (Wildman–Crippen MR) is 69.6 cm³/mol. The van der Waals surface area contributed by atoms with Crippen LogP contribution in [0.5, 0.6) is 5.75 Å². The van der Waals surface area contributed by atoms with Gasteiger partial charge in [0, 0.05) is 23.9 Å². The Bertz CT molecular complexity index is 576. The van der Waals surface area contributed by atoms with Gasteiger partial charge in [-0.1, -0.05) is 0 Å². The molecule has 94 valence electrons. The standard InChI is InChI=1S/C13H15N3O2/c1-9-8-12(17)16-13(15-9)10-2-4-11(5-3-10)18-7-6-14/h2-5,8H,6-7,14H2,1H3,(H,15,16,17). The molecule has 1 aromatic carbocycles. The van der Waals surface area contributed by atoms with E-state index in [2.05, 4.69) is 9.97 Å². The molecular weight excluding hydrogens is 230 g/mol. The fraction of sp³-hybridized carbons (Fsp3) is 0.231. The van der Waals surface area contributed by atoms with E-state index >= 15 is 0 Å². The minimum Gasteiger partial charge on any atom is -0.492 e. The van der Waals surface area contributed by atoms with Gasteiger partial charge in [-0.3, -0.25) is 4.79 Å². The molecule has 0 bridgehead atoms. The summed E-state index contributed by atoms with van der Waals surface area (Å²) in [6.07, 6.45) is 0. The van der Waals surface area contributed by atoms with Crippen molar-refractivity contribution >= 4 is 0 Å². The summed E-state index contributed by atoms with van der Waals surface area (Å²) in [5.41, 5.74) is 6.74. The molecule has 0 fully saturated rings. The van der Waals surface area contributed by atoms with Gasteiger partial charge in [-0.25, -0.2) is 4.98 Å². The van der Waals surface area contributed by atoms with Crippen LogP contribution >= 0.6 is 0 Å². The van der Waals surface area contributed by atoms with Crippen molar-refractivity contribution in [3.05, 3.63) is 46.4 Å². The maximum absolute atomic E-state index is 11.4. The third-order valence-corrected chi connectivity index (χ3v) is 2.38. The van der Waals surface area contributed by atoms with E-state index in [1.807, 2.05) is 24.3 Å². The van der Waals surface area contributed by atoms with Gasteiger partial charge in [0.2, 0.25) is 0 Å². The minimum atomic E-state index is -0.152. The summed E-state index contributed by atoms with van der Waals surface area (Å²) in [4.78, 5) is 18.3. The molecule has 18 heavy (non-hydrogen) atoms. The van der Waals surface area contributed by atoms with E-state index in [-0.39, 0.29) is 5.56 Å². The number of nitrogens with two attached hydrogens (primary N) is 1. The third kappa shape index (κ3) is 2.95. The number of ether oxygens (including phenoxy) is 1. The second-order valence-electron chi connectivity index (χ2n) is 3.90. The van der Waals surface area contributed by atoms with Crippen LogP contribution in [0.2, 0.25) is 0 Å². The van der Waals surface area contributed by atoms with E-state index < -0.39 is 0 Å². The van der Waals surface area contributed by atoms with Crippen LogP contribution in [0.15, 0.2) is 35.1 Å². The number of aromatic nitrogens is 2. The van der Waals surface area contributed by atoms with Crippen LogP contribution in [0.25, 0.3) is 11.4 Å². The zero-order valence-electron chi connectivity index (χ0n) is 10.1. The number of rotatable bonds is 4. The van der Waals surface area contributed by atoms with Crippen LogP contribution in [0.1, 0.15) is 5.69 Å². The Kier molecular flexibility index (Phi) is 3.74. The molecule has 1 aromatic heterocycles. The van der Waals surface area contributed by atoms with E-state index in [4.69, 9.17) is 10.5 Å². The second-order valence-corrected chi connectivity index (χ2v) is 3.90. The Morgan fingerprint density at radius 1 is 1.33 bits per heavy atom. The zero-order valence-corrected chi connectivity index (χ0v) is 10.1. The van der Waals surface area contributed by atoms with Gasteiger partial charge in [0.05, 0.1) is 0 Å². The van der Waals surface area contributed by atoms with Crippen LogP contribution in [0.4, 0.5) is 0 Å². The van der Waals surface area contributed by atoms with Crippen molar-refractivity contribution in [3.63, 3.8) is 0 Å². The highest BCUT2D eigenvalue weighted by molar-refractivity contribution is 5.56. The molecular formula is C13H15N3O2. The summed E-state index contributed by atoms with van der Waals surface area (Å²) in [5, 5.41) is 0. The van der Waals surface area contributed by atoms with E-state index in [1.165, 1.54) is 6.07 Å². The summed E-state index contributed by atoms with van der Waals surface area (Å²) in [6, 6.07) is 8.82. The van der Waals surface area contributed by atoms with Crippen molar-refractivity contribution in [1.29, 1.82) is 0 Å². The lowest BCUT2D eigenvalue weighted by Gasteiger charge is -2.06. The summed E-state index contributed by atoms with van der Waals surface area (Å²) < 4.78 is 5.38. The molecule has 0 unspecified atom stereocenters. The van der Waals surface area contributed by atoms with Crippen molar-refractivity contribution in [2.75, 3.05) is 13.2 Å². The molecule has 0 radical (unpaired) electrons. The molecule has 3 N–H and O–H groups in total. The largest absolute Gasteiger partial charge is 0.492 e. The fourth-order valence-electron chi connectivity index (χ4n) is 1.60. The van der Waals surface area contributed by atoms with Crippen LogP contribution in [-0.2, 0) is 0 Å². The summed E-state index contributed by atoms with van der Waals surface area (Å²) in [6.45, 7) is 2.75. The molecule has 2 aromatic rings. The Hall–Kier alpha value is -2.14. The van der Waals surface area contributed by atoms with Gasteiger partial charge in [0.15, 0.2) is 0 Å². The first-order valence-electron chi connectivity index (χ1n) is 5.70. The first kappa shape index (κ1) is 12.3. The monoisotopic (exact) mass is 245 g/mol. The van der Waals surface area contributed by atoms with Gasteiger partial charge in [-0.2, -0.15) is 0 Å². The highest BCUT2D eigenvalue weighted by atomic mass is 16.5. The molecule has 5 nitrogen and oxygen atoms in total. The average molecular weight is 245 g/mol. The van der Waals surface area contributed by atoms with E-state index in [1.54, 1.807) is 6.92 Å². The van der Waals surface area contributed by atoms with Gasteiger partial charge in [-0.15, -0.1) is 0 Å². The Labute approximate surface area is 105 Å². The molecule has 5 heteroatoms. The van der Waals surface area contributed by atoms with Crippen molar-refractivity contribution in [1.82, 2.24) is 9.97 Å². The number of H-pyrrole nitrogens is 1. The quantitative estimate of drug-likeness (QED) is 0.844. The lowest BCUT2D eigenvalue weighted by atomic mass is 10.2. The fourth-order valence-corrected chi connectivity index (χ4v) is 1.60. The van der Waals surface area contributed by atoms with Crippen molar-refractivity contribution in [3.8, 4) is 17.1 Å². The van der Waals surface area contributed by atoms with E-state index in [0.717, 1.165) is 11.3 Å². The smallest absolute Gasteiger partial charge is 0.251 e. The number of aromatic amines is 1. The van der Waals surface area contributed by atoms with Gasteiger partial charge in [0.25, 0.3) is 5.56 Å².